The molecule has 1 N–H and O–H groups in total. The van der Waals surface area contributed by atoms with Crippen molar-refractivity contribution < 1.29 is 14.2 Å². The van der Waals surface area contributed by atoms with Crippen LogP contribution in [0.4, 0.5) is 10.3 Å². The van der Waals surface area contributed by atoms with Gasteiger partial charge in [-0.3, -0.25) is 0 Å². The quantitative estimate of drug-likeness (QED) is 0.763. The van der Waals surface area contributed by atoms with Crippen LogP contribution < -0.4 is 9.64 Å². The normalized spacial score (nSPS) is 13.7. The molecular weight excluding hydrogens is 333 g/mol. The van der Waals surface area contributed by atoms with Gasteiger partial charge in [-0.2, -0.15) is 0 Å². The number of hydrogen-bond acceptors (Lipinski definition) is 5. The highest BCUT2D eigenvalue weighted by Gasteiger charge is 2.21. The van der Waals surface area contributed by atoms with Gasteiger partial charge < -0.3 is 14.7 Å². The lowest BCUT2D eigenvalue weighted by atomic mass is 9.98. The molecule has 0 saturated carbocycles. The second-order valence-corrected chi connectivity index (χ2v) is 6.27. The van der Waals surface area contributed by atoms with Crippen molar-refractivity contribution in [3.63, 3.8) is 0 Å². The first-order valence-electron chi connectivity index (χ1n) is 8.39. The number of aryl methyl sites for hydroxylation is 1. The maximum Gasteiger partial charge on any atom is 0.225 e. The molecule has 0 radical (unpaired) electrons. The summed E-state index contributed by atoms with van der Waals surface area (Å²) in [5, 5.41) is 10.5. The fraction of sp³-hybridized carbons (Fsp3) is 0.200. The smallest absolute Gasteiger partial charge is 0.225 e. The number of anilines is 1. The van der Waals surface area contributed by atoms with Crippen molar-refractivity contribution in [2.45, 2.75) is 13.5 Å². The van der Waals surface area contributed by atoms with Crippen molar-refractivity contribution in [2.75, 3.05) is 18.1 Å². The third-order valence-corrected chi connectivity index (χ3v) is 4.46. The molecule has 0 spiro atoms. The number of phenols is 1. The molecule has 1 aliphatic rings. The third kappa shape index (κ3) is 3.06. The molecule has 132 valence electrons. The predicted molar refractivity (Wildman–Crippen MR) is 96.8 cm³/mol. The molecule has 0 saturated heterocycles. The van der Waals surface area contributed by atoms with Gasteiger partial charge >= 0.3 is 0 Å². The number of aromatic hydroxyl groups is 1. The van der Waals surface area contributed by atoms with E-state index in [0.29, 0.717) is 31.4 Å². The molecule has 26 heavy (non-hydrogen) atoms. The van der Waals surface area contributed by atoms with Crippen LogP contribution in [0, 0.1) is 12.7 Å². The van der Waals surface area contributed by atoms with Gasteiger partial charge in [-0.15, -0.1) is 0 Å². The van der Waals surface area contributed by atoms with E-state index in [1.165, 1.54) is 0 Å². The van der Waals surface area contributed by atoms with E-state index in [4.69, 9.17) is 4.74 Å². The summed E-state index contributed by atoms with van der Waals surface area (Å²) in [4.78, 5) is 10.0. The molecule has 0 bridgehead atoms. The van der Waals surface area contributed by atoms with Gasteiger partial charge in [-0.05, 0) is 35.7 Å². The Morgan fingerprint density at radius 3 is 2.69 bits per heavy atom. The molecule has 0 unspecified atom stereocenters. The van der Waals surface area contributed by atoms with Crippen molar-refractivity contribution in [2.24, 2.45) is 0 Å². The fourth-order valence-corrected chi connectivity index (χ4v) is 3.19. The van der Waals surface area contributed by atoms with Crippen molar-refractivity contribution in [3.8, 4) is 22.6 Å². The minimum Gasteiger partial charge on any atom is -0.504 e. The van der Waals surface area contributed by atoms with E-state index in [1.807, 2.05) is 42.2 Å². The molecule has 0 fully saturated rings. The topological polar surface area (TPSA) is 58.5 Å². The Kier molecular flexibility index (Phi) is 4.16. The van der Waals surface area contributed by atoms with Gasteiger partial charge in [-0.1, -0.05) is 24.3 Å². The first-order chi connectivity index (χ1) is 12.6. The Hall–Kier alpha value is -3.15. The monoisotopic (exact) mass is 351 g/mol. The number of nitrogens with zero attached hydrogens (tertiary/aromatic N) is 3. The molecule has 3 aromatic rings. The van der Waals surface area contributed by atoms with Crippen LogP contribution >= 0.6 is 0 Å². The Bertz CT molecular complexity index is 944. The van der Waals surface area contributed by atoms with Gasteiger partial charge in [-0.25, -0.2) is 14.4 Å². The lowest BCUT2D eigenvalue weighted by Crippen LogP contribution is -2.27. The van der Waals surface area contributed by atoms with Crippen molar-refractivity contribution in [1.29, 1.82) is 0 Å². The standard InChI is InChI=1S/C20H18FN3O2/c1-13-4-2-3-5-17(13)14-8-15-12-24(20-22-10-16(21)11-23-20)6-7-26-19(15)18(25)9-14/h2-5,8-11,25H,6-7,12H2,1H3. The number of hydrogen-bond donors (Lipinski definition) is 1. The van der Waals surface area contributed by atoms with Crippen molar-refractivity contribution in [3.05, 3.63) is 65.7 Å². The number of rotatable bonds is 2. The minimum atomic E-state index is -0.472. The molecule has 2 aromatic carbocycles. The largest absolute Gasteiger partial charge is 0.504 e. The molecule has 0 atom stereocenters. The van der Waals surface area contributed by atoms with Crippen LogP contribution in [0.15, 0.2) is 48.8 Å². The Labute approximate surface area is 150 Å². The summed E-state index contributed by atoms with van der Waals surface area (Å²) in [5.74, 6) is 0.554. The van der Waals surface area contributed by atoms with Crippen LogP contribution in [0.25, 0.3) is 11.1 Å². The molecule has 4 rings (SSSR count). The van der Waals surface area contributed by atoms with Crippen LogP contribution in [-0.4, -0.2) is 28.2 Å². The summed E-state index contributed by atoms with van der Waals surface area (Å²) in [6.07, 6.45) is 2.30. The molecule has 1 aliphatic heterocycles. The first kappa shape index (κ1) is 16.3. The van der Waals surface area contributed by atoms with E-state index in [1.54, 1.807) is 6.07 Å². The van der Waals surface area contributed by atoms with Gasteiger partial charge in [0.05, 0.1) is 18.9 Å². The van der Waals surface area contributed by atoms with Crippen LogP contribution in [-0.2, 0) is 6.54 Å². The van der Waals surface area contributed by atoms with Gasteiger partial charge in [0.25, 0.3) is 0 Å². The Morgan fingerprint density at radius 2 is 1.92 bits per heavy atom. The number of benzene rings is 2. The zero-order valence-electron chi connectivity index (χ0n) is 14.3. The summed E-state index contributed by atoms with van der Waals surface area (Å²) in [7, 11) is 0. The highest BCUT2D eigenvalue weighted by molar-refractivity contribution is 5.72. The number of fused-ring (bicyclic) bond motifs is 1. The lowest BCUT2D eigenvalue weighted by Gasteiger charge is -2.19. The lowest BCUT2D eigenvalue weighted by molar-refractivity contribution is 0.311. The Morgan fingerprint density at radius 1 is 1.15 bits per heavy atom. The number of ether oxygens (including phenoxy) is 1. The van der Waals surface area contributed by atoms with E-state index in [0.717, 1.165) is 34.6 Å². The summed E-state index contributed by atoms with van der Waals surface area (Å²) in [5.41, 5.74) is 3.94. The number of aromatic nitrogens is 2. The molecule has 1 aromatic heterocycles. The predicted octanol–water partition coefficient (Wildman–Crippen LogP) is 3.70. The first-order valence-corrected chi connectivity index (χ1v) is 8.39. The summed E-state index contributed by atoms with van der Waals surface area (Å²) in [6, 6.07) is 11.8. The second-order valence-electron chi connectivity index (χ2n) is 6.27. The van der Waals surface area contributed by atoms with E-state index in [9.17, 15) is 9.50 Å². The number of halogens is 1. The highest BCUT2D eigenvalue weighted by Crippen LogP contribution is 2.38. The van der Waals surface area contributed by atoms with E-state index >= 15 is 0 Å². The van der Waals surface area contributed by atoms with Crippen molar-refractivity contribution >= 4 is 5.95 Å². The highest BCUT2D eigenvalue weighted by atomic mass is 19.1. The maximum atomic E-state index is 13.1. The van der Waals surface area contributed by atoms with Crippen LogP contribution in [0.2, 0.25) is 0 Å². The zero-order valence-corrected chi connectivity index (χ0v) is 14.3. The molecular formula is C20H18FN3O2. The zero-order chi connectivity index (χ0) is 18.1. The maximum absolute atomic E-state index is 13.1. The SMILES string of the molecule is Cc1ccccc1-c1cc(O)c2c(c1)CN(c1ncc(F)cn1)CCO2. The average molecular weight is 351 g/mol. The van der Waals surface area contributed by atoms with Gasteiger partial charge in [0.15, 0.2) is 17.3 Å². The summed E-state index contributed by atoms with van der Waals surface area (Å²) < 4.78 is 18.9. The molecule has 0 amide bonds. The second kappa shape index (κ2) is 6.63. The van der Waals surface area contributed by atoms with E-state index in [-0.39, 0.29) is 5.75 Å². The average Bonchev–Trinajstić information content (AvgIpc) is 2.85. The number of phenolic OH excluding ortho intramolecular Hbond substituents is 1. The van der Waals surface area contributed by atoms with E-state index < -0.39 is 5.82 Å². The minimum absolute atomic E-state index is 0.114. The summed E-state index contributed by atoms with van der Waals surface area (Å²) >= 11 is 0. The summed E-state index contributed by atoms with van der Waals surface area (Å²) in [6.45, 7) is 3.42. The molecule has 2 heterocycles. The van der Waals surface area contributed by atoms with Gasteiger partial charge in [0, 0.05) is 12.1 Å². The molecule has 5 nitrogen and oxygen atoms in total. The third-order valence-electron chi connectivity index (χ3n) is 4.46. The van der Waals surface area contributed by atoms with Crippen molar-refractivity contribution in [1.82, 2.24) is 9.97 Å². The van der Waals surface area contributed by atoms with E-state index in [2.05, 4.69) is 9.97 Å². The molecule has 6 heteroatoms. The molecule has 0 aliphatic carbocycles. The van der Waals surface area contributed by atoms with Crippen LogP contribution in [0.3, 0.4) is 0 Å². The van der Waals surface area contributed by atoms with Crippen LogP contribution in [0.5, 0.6) is 11.5 Å². The Balaban J connectivity index is 1.74. The van der Waals surface area contributed by atoms with Gasteiger partial charge in [0.1, 0.15) is 6.61 Å². The fourth-order valence-electron chi connectivity index (χ4n) is 3.19. The van der Waals surface area contributed by atoms with Gasteiger partial charge in [0.2, 0.25) is 5.95 Å². The van der Waals surface area contributed by atoms with Crippen LogP contribution in [0.1, 0.15) is 11.1 Å².